The molecule has 0 radical (unpaired) electrons. The van der Waals surface area contributed by atoms with Crippen molar-refractivity contribution in [2.24, 2.45) is 0 Å². The van der Waals surface area contributed by atoms with E-state index in [9.17, 15) is 0 Å². The maximum Gasteiger partial charge on any atom is 0.161 e. The molecule has 4 aromatic carbocycles. The van der Waals surface area contributed by atoms with Crippen LogP contribution < -0.4 is 18.9 Å². The molecule has 84 heavy (non-hydrogen) atoms. The van der Waals surface area contributed by atoms with Gasteiger partial charge in [-0.3, -0.25) is 0 Å². The van der Waals surface area contributed by atoms with Gasteiger partial charge in [-0.05, 0) is 83.3 Å². The Morgan fingerprint density at radius 2 is 0.452 bits per heavy atom. The number of hydrogen-bond acceptors (Lipinski definition) is 6. The van der Waals surface area contributed by atoms with Crippen molar-refractivity contribution in [1.29, 1.82) is 0 Å². The van der Waals surface area contributed by atoms with Crippen molar-refractivity contribution in [2.45, 2.75) is 285 Å². The summed E-state index contributed by atoms with van der Waals surface area (Å²) in [4.78, 5) is 1.37. The first kappa shape index (κ1) is 72.2. The van der Waals surface area contributed by atoms with Crippen molar-refractivity contribution in [3.63, 3.8) is 0 Å². The largest absolute Gasteiger partial charge is 0.781 e. The molecule has 0 aliphatic heterocycles. The van der Waals surface area contributed by atoms with Gasteiger partial charge in [-0.25, -0.2) is 0 Å². The SMILES string of the molecule is CCCCCCCCCCCCOc1ccc(/C=C/c2ccc(/C([S-])=C(/[S-])c3ccc(/C=C/c4ccc(OCCCCCCCCCCCC)c(OCCCCCCCCCCCC)c4)cc3)cc2)cc1OCCCCCCCCCCCC. The minimum absolute atomic E-state index is 0.683. The van der Waals surface area contributed by atoms with Gasteiger partial charge in [0.05, 0.1) is 26.4 Å². The summed E-state index contributed by atoms with van der Waals surface area (Å²) < 4.78 is 25.7. The maximum atomic E-state index is 6.46. The summed E-state index contributed by atoms with van der Waals surface area (Å²) in [5.41, 5.74) is 6.26. The molecular weight excluding hydrogens is 1060 g/mol. The molecule has 0 atom stereocenters. The predicted molar refractivity (Wildman–Crippen MR) is 375 cm³/mol. The molecule has 0 amide bonds. The van der Waals surface area contributed by atoms with Crippen molar-refractivity contribution in [3.8, 4) is 23.0 Å². The van der Waals surface area contributed by atoms with E-state index in [1.54, 1.807) is 0 Å². The lowest BCUT2D eigenvalue weighted by molar-refractivity contribution is 0.258. The summed E-state index contributed by atoms with van der Waals surface area (Å²) in [6, 6.07) is 29.6. The Morgan fingerprint density at radius 3 is 0.702 bits per heavy atom. The standard InChI is InChI=1S/C78H120O4S2/c1-5-9-13-17-21-25-29-33-37-41-61-79-73-59-53-69(65-75(73)81-63-43-39-35-31-27-23-19-15-11-7-3)47-45-67-49-55-71(56-50-67)77(83)78(84)72-57-51-68(52-58-72)46-48-70-54-60-74(80-62-42-38-34-30-26-22-18-14-10-6-2)76(66-70)82-64-44-40-36-32-28-24-20-16-12-8-4/h45-60,65-66,83-84H,5-44,61-64H2,1-4H3/p-2/b47-45+,48-46+,78-77-. The van der Waals surface area contributed by atoms with E-state index >= 15 is 0 Å². The Morgan fingerprint density at radius 1 is 0.250 bits per heavy atom. The number of rotatable bonds is 54. The number of unbranched alkanes of at least 4 members (excludes halogenated alkanes) is 36. The van der Waals surface area contributed by atoms with Crippen molar-refractivity contribution in [3.05, 3.63) is 118 Å². The third-order valence-corrected chi connectivity index (χ3v) is 17.5. The van der Waals surface area contributed by atoms with E-state index in [-0.39, 0.29) is 0 Å². The molecule has 4 nitrogen and oxygen atoms in total. The molecule has 0 aromatic heterocycles. The van der Waals surface area contributed by atoms with E-state index < -0.39 is 0 Å². The molecule has 0 saturated heterocycles. The molecule has 6 heteroatoms. The fourth-order valence-corrected chi connectivity index (χ4v) is 11.5. The van der Waals surface area contributed by atoms with Crippen LogP contribution in [-0.2, 0) is 25.3 Å². The summed E-state index contributed by atoms with van der Waals surface area (Å²) in [5, 5.41) is 0. The van der Waals surface area contributed by atoms with Gasteiger partial charge in [0.25, 0.3) is 0 Å². The number of benzene rings is 4. The molecule has 0 bridgehead atoms. The number of hydrogen-bond donors (Lipinski definition) is 0. The Kier molecular flexibility index (Phi) is 42.8. The van der Waals surface area contributed by atoms with Crippen LogP contribution in [0.5, 0.6) is 23.0 Å². The lowest BCUT2D eigenvalue weighted by Gasteiger charge is -2.26. The quantitative estimate of drug-likeness (QED) is 0.0249. The number of ether oxygens (including phenoxy) is 4. The van der Waals surface area contributed by atoms with Crippen LogP contribution in [0.3, 0.4) is 0 Å². The van der Waals surface area contributed by atoms with Crippen molar-refractivity contribution < 1.29 is 18.9 Å². The second kappa shape index (κ2) is 49.8. The average molecular weight is 1180 g/mol. The Labute approximate surface area is 527 Å². The van der Waals surface area contributed by atoms with Gasteiger partial charge in [-0.2, -0.15) is 9.81 Å². The van der Waals surface area contributed by atoms with Crippen molar-refractivity contribution in [2.75, 3.05) is 26.4 Å². The summed E-state index contributed by atoms with van der Waals surface area (Å²) in [6.07, 6.45) is 61.1. The molecule has 0 saturated carbocycles. The highest BCUT2D eigenvalue weighted by Crippen LogP contribution is 2.33. The Hall–Kier alpha value is -4.26. The summed E-state index contributed by atoms with van der Waals surface area (Å²) in [6.45, 7) is 12.0. The smallest absolute Gasteiger partial charge is 0.161 e. The Bertz CT molecular complexity index is 2140. The molecule has 468 valence electrons. The third kappa shape index (κ3) is 34.2. The first-order valence-corrected chi connectivity index (χ1v) is 35.7. The molecule has 4 aromatic rings. The second-order valence-electron chi connectivity index (χ2n) is 24.1. The lowest BCUT2D eigenvalue weighted by atomic mass is 10.1. The molecule has 0 unspecified atom stereocenters. The third-order valence-electron chi connectivity index (χ3n) is 16.4. The van der Waals surface area contributed by atoms with Crippen molar-refractivity contribution in [1.82, 2.24) is 0 Å². The van der Waals surface area contributed by atoms with Gasteiger partial charge in [0.2, 0.25) is 0 Å². The fraction of sp³-hybridized carbons (Fsp3) is 0.615. The van der Waals surface area contributed by atoms with Crippen LogP contribution >= 0.6 is 0 Å². The van der Waals surface area contributed by atoms with Crippen LogP contribution in [0, 0.1) is 0 Å². The van der Waals surface area contributed by atoms with E-state index in [4.69, 9.17) is 44.2 Å². The zero-order chi connectivity index (χ0) is 59.6. The minimum Gasteiger partial charge on any atom is -0.781 e. The minimum atomic E-state index is 0.683. The summed E-state index contributed by atoms with van der Waals surface area (Å²) in [5.74, 6) is 3.39. The van der Waals surface area contributed by atoms with Gasteiger partial charge in [0.1, 0.15) is 0 Å². The predicted octanol–water partition coefficient (Wildman–Crippen LogP) is 25.1. The molecule has 0 fully saturated rings. The zero-order valence-electron chi connectivity index (χ0n) is 54.0. The van der Waals surface area contributed by atoms with Crippen LogP contribution in [0.1, 0.15) is 318 Å². The highest BCUT2D eigenvalue weighted by Gasteiger charge is 2.10. The van der Waals surface area contributed by atoms with Gasteiger partial charge in [-0.1, -0.05) is 344 Å². The first-order valence-electron chi connectivity index (χ1n) is 34.9. The molecule has 0 heterocycles. The zero-order valence-corrected chi connectivity index (χ0v) is 55.6. The molecule has 0 spiro atoms. The van der Waals surface area contributed by atoms with Crippen LogP contribution in [0.4, 0.5) is 0 Å². The van der Waals surface area contributed by atoms with Crippen molar-refractivity contribution >= 4 is 59.4 Å². The van der Waals surface area contributed by atoms with Crippen LogP contribution in [0.2, 0.25) is 0 Å². The first-order chi connectivity index (χ1) is 41.4. The van der Waals surface area contributed by atoms with Gasteiger partial charge in [0.15, 0.2) is 23.0 Å². The Balaban J connectivity index is 1.31. The van der Waals surface area contributed by atoms with E-state index in [1.165, 1.54) is 231 Å². The fourth-order valence-electron chi connectivity index (χ4n) is 10.9. The monoisotopic (exact) mass is 1180 g/mol. The average Bonchev–Trinajstić information content (AvgIpc) is 3.73. The van der Waals surface area contributed by atoms with E-state index in [2.05, 4.69) is 137 Å². The van der Waals surface area contributed by atoms with Crippen LogP contribution in [-0.4, -0.2) is 26.4 Å². The molecule has 0 aliphatic carbocycles. The maximum absolute atomic E-state index is 6.46. The molecular formula is C78H118O4S2-2. The van der Waals surface area contributed by atoms with Gasteiger partial charge in [-0.15, -0.1) is 0 Å². The molecule has 0 N–H and O–H groups in total. The lowest BCUT2D eigenvalue weighted by Crippen LogP contribution is -2.03. The van der Waals surface area contributed by atoms with E-state index in [1.807, 2.05) is 0 Å². The van der Waals surface area contributed by atoms with Crippen LogP contribution in [0.25, 0.3) is 34.1 Å². The topological polar surface area (TPSA) is 36.9 Å². The second-order valence-corrected chi connectivity index (χ2v) is 24.9. The van der Waals surface area contributed by atoms with E-state index in [0.717, 1.165) is 95.3 Å². The van der Waals surface area contributed by atoms with Gasteiger partial charge >= 0.3 is 0 Å². The summed E-state index contributed by atoms with van der Waals surface area (Å²) in [7, 11) is 0. The highest BCUT2D eigenvalue weighted by molar-refractivity contribution is 7.77. The highest BCUT2D eigenvalue weighted by atomic mass is 32.1. The van der Waals surface area contributed by atoms with E-state index in [0.29, 0.717) is 23.0 Å². The van der Waals surface area contributed by atoms with Gasteiger partial charge in [0, 0.05) is 0 Å². The summed E-state index contributed by atoms with van der Waals surface area (Å²) >= 11 is 12.0. The molecule has 4 rings (SSSR count). The van der Waals surface area contributed by atoms with Gasteiger partial charge < -0.3 is 44.2 Å². The molecule has 0 aliphatic rings. The van der Waals surface area contributed by atoms with Crippen LogP contribution in [0.15, 0.2) is 84.9 Å². The normalized spacial score (nSPS) is 12.0.